The number of methoxy groups -OCH3 is 1. The average Bonchev–Trinajstić information content (AvgIpc) is 3.53. The Morgan fingerprint density at radius 3 is 2.32 bits per heavy atom. The van der Waals surface area contributed by atoms with Crippen LogP contribution >= 0.6 is 0 Å². The molecule has 0 spiro atoms. The van der Waals surface area contributed by atoms with Crippen LogP contribution in [0.1, 0.15) is 31.4 Å². The molecule has 1 N–H and O–H groups in total. The number of fused-ring (bicyclic) bond motifs is 1. The predicted molar refractivity (Wildman–Crippen MR) is 108 cm³/mol. The Balaban J connectivity index is 1.57. The first-order chi connectivity index (χ1) is 13.6. The molecular formula is C22H25N3O3. The second kappa shape index (κ2) is 7.54. The third kappa shape index (κ3) is 3.42. The second-order valence-corrected chi connectivity index (χ2v) is 7.26. The lowest BCUT2D eigenvalue weighted by Crippen LogP contribution is -2.36. The monoisotopic (exact) mass is 379 g/mol. The number of aromatic nitrogens is 2. The van der Waals surface area contributed by atoms with Crippen molar-refractivity contribution >= 4 is 16.9 Å². The molecule has 146 valence electrons. The molecular weight excluding hydrogens is 354 g/mol. The molecule has 1 heterocycles. The molecule has 0 bridgehead atoms. The molecule has 1 aliphatic carbocycles. The highest BCUT2D eigenvalue weighted by molar-refractivity contribution is 5.81. The van der Waals surface area contributed by atoms with Crippen molar-refractivity contribution in [2.45, 2.75) is 38.9 Å². The van der Waals surface area contributed by atoms with Crippen molar-refractivity contribution in [1.29, 1.82) is 0 Å². The van der Waals surface area contributed by atoms with E-state index in [1.807, 2.05) is 55.5 Å². The van der Waals surface area contributed by atoms with E-state index >= 15 is 0 Å². The summed E-state index contributed by atoms with van der Waals surface area (Å²) in [4.78, 5) is 25.6. The van der Waals surface area contributed by atoms with Crippen LogP contribution < -0.4 is 15.7 Å². The zero-order valence-electron chi connectivity index (χ0n) is 16.2. The van der Waals surface area contributed by atoms with Gasteiger partial charge in [0.1, 0.15) is 12.3 Å². The maximum absolute atomic E-state index is 12.8. The molecule has 6 heteroatoms. The van der Waals surface area contributed by atoms with Gasteiger partial charge in [-0.25, -0.2) is 4.79 Å². The number of nitrogens with zero attached hydrogens (tertiary/aromatic N) is 2. The average molecular weight is 379 g/mol. The maximum Gasteiger partial charge on any atom is 0.329 e. The quantitative estimate of drug-likeness (QED) is 0.686. The molecule has 0 aliphatic heterocycles. The van der Waals surface area contributed by atoms with Crippen LogP contribution in [0.15, 0.2) is 53.3 Å². The highest BCUT2D eigenvalue weighted by Crippen LogP contribution is 2.41. The highest BCUT2D eigenvalue weighted by Gasteiger charge is 2.33. The van der Waals surface area contributed by atoms with Crippen molar-refractivity contribution in [2.24, 2.45) is 5.92 Å². The van der Waals surface area contributed by atoms with E-state index in [0.717, 1.165) is 35.2 Å². The Bertz CT molecular complexity index is 1050. The fourth-order valence-electron chi connectivity index (χ4n) is 3.81. The van der Waals surface area contributed by atoms with Crippen molar-refractivity contribution in [3.63, 3.8) is 0 Å². The summed E-state index contributed by atoms with van der Waals surface area (Å²) in [6.07, 6.45) is 2.21. The molecule has 1 fully saturated rings. The summed E-state index contributed by atoms with van der Waals surface area (Å²) in [5, 5.41) is 3.15. The van der Waals surface area contributed by atoms with Crippen molar-refractivity contribution in [3.8, 4) is 5.75 Å². The van der Waals surface area contributed by atoms with Gasteiger partial charge in [0.2, 0.25) is 5.91 Å². The van der Waals surface area contributed by atoms with Gasteiger partial charge in [-0.3, -0.25) is 13.9 Å². The summed E-state index contributed by atoms with van der Waals surface area (Å²) in [6, 6.07) is 15.4. The summed E-state index contributed by atoms with van der Waals surface area (Å²) in [5.41, 5.74) is 2.57. The standard InChI is InChI=1S/C22H25N3O3/c1-3-24-18-6-4-5-7-19(18)25(22(24)27)14-20(26)23-21(15-8-9-15)16-10-12-17(28-2)13-11-16/h4-7,10-13,15,21H,3,8-9,14H2,1-2H3,(H,23,26). The van der Waals surface area contributed by atoms with Crippen LogP contribution in [0.2, 0.25) is 0 Å². The number of carbonyl (C=O) groups is 1. The number of benzene rings is 2. The Morgan fingerprint density at radius 2 is 1.75 bits per heavy atom. The Kier molecular flexibility index (Phi) is 4.94. The zero-order valence-corrected chi connectivity index (χ0v) is 16.2. The molecule has 2 aromatic carbocycles. The summed E-state index contributed by atoms with van der Waals surface area (Å²) >= 11 is 0. The number of aryl methyl sites for hydroxylation is 1. The van der Waals surface area contributed by atoms with E-state index in [1.165, 1.54) is 0 Å². The molecule has 1 saturated carbocycles. The first-order valence-corrected chi connectivity index (χ1v) is 9.73. The first-order valence-electron chi connectivity index (χ1n) is 9.73. The largest absolute Gasteiger partial charge is 0.497 e. The first kappa shape index (κ1) is 18.3. The van der Waals surface area contributed by atoms with Gasteiger partial charge in [0.05, 0.1) is 24.2 Å². The third-order valence-corrected chi connectivity index (χ3v) is 5.43. The lowest BCUT2D eigenvalue weighted by Gasteiger charge is -2.19. The Labute approximate surface area is 163 Å². The van der Waals surface area contributed by atoms with Gasteiger partial charge < -0.3 is 10.1 Å². The topological polar surface area (TPSA) is 65.3 Å². The number of para-hydroxylation sites is 2. The number of hydrogen-bond donors (Lipinski definition) is 1. The number of nitrogens with one attached hydrogen (secondary N) is 1. The summed E-state index contributed by atoms with van der Waals surface area (Å²) in [6.45, 7) is 2.53. The Hall–Kier alpha value is -3.02. The fraction of sp³-hybridized carbons (Fsp3) is 0.364. The molecule has 1 amide bonds. The van der Waals surface area contributed by atoms with E-state index in [2.05, 4.69) is 5.32 Å². The third-order valence-electron chi connectivity index (χ3n) is 5.43. The summed E-state index contributed by atoms with van der Waals surface area (Å²) < 4.78 is 8.48. The zero-order chi connectivity index (χ0) is 19.7. The van der Waals surface area contributed by atoms with Gasteiger partial charge in [-0.2, -0.15) is 0 Å². The van der Waals surface area contributed by atoms with E-state index < -0.39 is 0 Å². The van der Waals surface area contributed by atoms with E-state index in [0.29, 0.717) is 12.5 Å². The van der Waals surface area contributed by atoms with Gasteiger partial charge in [0.15, 0.2) is 0 Å². The number of imidazole rings is 1. The molecule has 0 radical (unpaired) electrons. The normalized spacial score (nSPS) is 14.8. The van der Waals surface area contributed by atoms with E-state index in [9.17, 15) is 9.59 Å². The number of carbonyl (C=O) groups excluding carboxylic acids is 1. The van der Waals surface area contributed by atoms with Crippen LogP contribution in [0, 0.1) is 5.92 Å². The van der Waals surface area contributed by atoms with Gasteiger partial charge in [-0.05, 0) is 55.5 Å². The molecule has 1 aliphatic rings. The molecule has 1 unspecified atom stereocenters. The van der Waals surface area contributed by atoms with E-state index in [1.54, 1.807) is 16.2 Å². The lowest BCUT2D eigenvalue weighted by atomic mass is 10.0. The number of amides is 1. The van der Waals surface area contributed by atoms with Crippen molar-refractivity contribution in [1.82, 2.24) is 14.5 Å². The summed E-state index contributed by atoms with van der Waals surface area (Å²) in [5.74, 6) is 1.10. The summed E-state index contributed by atoms with van der Waals surface area (Å²) in [7, 11) is 1.64. The van der Waals surface area contributed by atoms with Crippen LogP contribution in [0.3, 0.4) is 0 Å². The highest BCUT2D eigenvalue weighted by atomic mass is 16.5. The number of ether oxygens (including phenoxy) is 1. The van der Waals surface area contributed by atoms with Gasteiger partial charge in [0, 0.05) is 6.54 Å². The molecule has 4 rings (SSSR count). The van der Waals surface area contributed by atoms with E-state index in [4.69, 9.17) is 4.74 Å². The SMILES string of the molecule is CCn1c(=O)n(CC(=O)NC(c2ccc(OC)cc2)C2CC2)c2ccccc21. The lowest BCUT2D eigenvalue weighted by molar-refractivity contribution is -0.122. The van der Waals surface area contributed by atoms with Crippen molar-refractivity contribution in [2.75, 3.05) is 7.11 Å². The maximum atomic E-state index is 12.8. The Morgan fingerprint density at radius 1 is 1.11 bits per heavy atom. The minimum absolute atomic E-state index is 0.0196. The van der Waals surface area contributed by atoms with Crippen molar-refractivity contribution < 1.29 is 9.53 Å². The fourth-order valence-corrected chi connectivity index (χ4v) is 3.81. The number of rotatable bonds is 7. The van der Waals surface area contributed by atoms with Crippen LogP contribution in [0.4, 0.5) is 0 Å². The van der Waals surface area contributed by atoms with Crippen molar-refractivity contribution in [3.05, 3.63) is 64.6 Å². The van der Waals surface area contributed by atoms with Crippen LogP contribution in [0.25, 0.3) is 11.0 Å². The van der Waals surface area contributed by atoms with Crippen LogP contribution in [-0.4, -0.2) is 22.2 Å². The molecule has 0 saturated heterocycles. The molecule has 28 heavy (non-hydrogen) atoms. The van der Waals surface area contributed by atoms with Gasteiger partial charge >= 0.3 is 5.69 Å². The van der Waals surface area contributed by atoms with Gasteiger partial charge in [-0.1, -0.05) is 24.3 Å². The second-order valence-electron chi connectivity index (χ2n) is 7.26. The van der Waals surface area contributed by atoms with Crippen LogP contribution in [-0.2, 0) is 17.9 Å². The minimum Gasteiger partial charge on any atom is -0.497 e. The molecule has 1 atom stereocenters. The van der Waals surface area contributed by atoms with Crippen LogP contribution in [0.5, 0.6) is 5.75 Å². The van der Waals surface area contributed by atoms with Gasteiger partial charge in [0.25, 0.3) is 0 Å². The minimum atomic E-state index is -0.147. The molecule has 1 aromatic heterocycles. The molecule has 6 nitrogen and oxygen atoms in total. The van der Waals surface area contributed by atoms with E-state index in [-0.39, 0.29) is 24.2 Å². The van der Waals surface area contributed by atoms with Gasteiger partial charge in [-0.15, -0.1) is 0 Å². The predicted octanol–water partition coefficient (Wildman–Crippen LogP) is 3.10. The molecule has 3 aromatic rings. The number of hydrogen-bond acceptors (Lipinski definition) is 3. The smallest absolute Gasteiger partial charge is 0.329 e.